The van der Waals surface area contributed by atoms with Gasteiger partial charge in [-0.25, -0.2) is 0 Å². The summed E-state index contributed by atoms with van der Waals surface area (Å²) in [6.45, 7) is 2.54. The molecule has 0 spiro atoms. The highest BCUT2D eigenvalue weighted by Gasteiger charge is 2.40. The largest absolute Gasteiger partial charge is 0.493 e. The number of carbonyl (C=O) groups excluding carboxylic acids is 2. The van der Waals surface area contributed by atoms with Gasteiger partial charge in [0, 0.05) is 31.4 Å². The van der Waals surface area contributed by atoms with Crippen LogP contribution in [0.4, 0.5) is 18.9 Å². The highest BCUT2D eigenvalue weighted by Crippen LogP contribution is 2.35. The predicted molar refractivity (Wildman–Crippen MR) is 122 cm³/mol. The molecule has 1 aliphatic heterocycles. The summed E-state index contributed by atoms with van der Waals surface area (Å²) >= 11 is 0. The van der Waals surface area contributed by atoms with Crippen molar-refractivity contribution in [1.82, 2.24) is 10.2 Å². The number of carbonyl (C=O) groups is 2. The summed E-state index contributed by atoms with van der Waals surface area (Å²) in [6, 6.07) is 11.0. The molecule has 0 bridgehead atoms. The van der Waals surface area contributed by atoms with Gasteiger partial charge in [0.15, 0.2) is 0 Å². The van der Waals surface area contributed by atoms with E-state index in [1.54, 1.807) is 42.2 Å². The van der Waals surface area contributed by atoms with Crippen LogP contribution < -0.4 is 15.0 Å². The zero-order valence-electron chi connectivity index (χ0n) is 19.1. The highest BCUT2D eigenvalue weighted by molar-refractivity contribution is 6.00. The number of benzene rings is 2. The lowest BCUT2D eigenvalue weighted by Crippen LogP contribution is -2.61. The van der Waals surface area contributed by atoms with Gasteiger partial charge in [-0.2, -0.15) is 18.4 Å². The molecule has 2 amide bonds. The van der Waals surface area contributed by atoms with E-state index < -0.39 is 23.3 Å². The molecule has 1 atom stereocenters. The lowest BCUT2D eigenvalue weighted by Gasteiger charge is -2.42. The van der Waals surface area contributed by atoms with Crippen molar-refractivity contribution >= 4 is 17.5 Å². The fraction of sp³-hybridized carbons (Fsp3) is 0.400. The molecule has 2 aliphatic rings. The molecule has 1 saturated heterocycles. The number of nitriles is 1. The zero-order chi connectivity index (χ0) is 25.2. The van der Waals surface area contributed by atoms with Crippen LogP contribution in [0.5, 0.6) is 5.75 Å². The van der Waals surface area contributed by atoms with E-state index in [4.69, 9.17) is 10.00 Å². The van der Waals surface area contributed by atoms with E-state index in [0.717, 1.165) is 25.0 Å². The van der Waals surface area contributed by atoms with Crippen molar-refractivity contribution < 1.29 is 27.5 Å². The number of ether oxygens (including phenoxy) is 1. The number of hydrogen-bond donors (Lipinski definition) is 1. The Kier molecular flexibility index (Phi) is 6.87. The average molecular weight is 486 g/mol. The molecule has 4 rings (SSSR count). The van der Waals surface area contributed by atoms with Crippen LogP contribution in [0.25, 0.3) is 0 Å². The van der Waals surface area contributed by atoms with E-state index in [0.29, 0.717) is 17.9 Å². The van der Waals surface area contributed by atoms with Gasteiger partial charge in [-0.05, 0) is 50.1 Å². The summed E-state index contributed by atoms with van der Waals surface area (Å²) in [5.74, 6) is -0.310. The van der Waals surface area contributed by atoms with E-state index in [1.165, 1.54) is 11.0 Å². The molecule has 1 aliphatic carbocycles. The van der Waals surface area contributed by atoms with Gasteiger partial charge in [0.05, 0.1) is 29.4 Å². The number of alkyl halides is 3. The van der Waals surface area contributed by atoms with Gasteiger partial charge in [-0.1, -0.05) is 12.1 Å². The molecule has 35 heavy (non-hydrogen) atoms. The fourth-order valence-corrected chi connectivity index (χ4v) is 4.15. The first kappa shape index (κ1) is 24.4. The summed E-state index contributed by atoms with van der Waals surface area (Å²) in [4.78, 5) is 29.7. The van der Waals surface area contributed by atoms with Crippen molar-refractivity contribution in [1.29, 1.82) is 5.26 Å². The molecular weight excluding hydrogens is 461 g/mol. The van der Waals surface area contributed by atoms with Gasteiger partial charge in [-0.3, -0.25) is 9.59 Å². The molecule has 2 aromatic carbocycles. The number of rotatable bonds is 6. The van der Waals surface area contributed by atoms with Crippen LogP contribution in [-0.2, 0) is 11.0 Å². The minimum Gasteiger partial charge on any atom is -0.493 e. The normalized spacial score (nSPS) is 18.1. The minimum atomic E-state index is -4.69. The maximum atomic E-state index is 13.5. The van der Waals surface area contributed by atoms with Crippen LogP contribution in [0.1, 0.15) is 41.3 Å². The standard InChI is InChI=1S/C25H25F3N4O3/c1-2-35-22-6-4-3-5-19(22)24(34)32-12-11-31(15-21(32)23(33)30-17-8-9-17)18-10-7-16(14-29)20(13-18)25(26,27)28/h3-7,10,13,17,21H,2,8-9,11-12,15H2,1H3,(H,30,33). The molecule has 7 nitrogen and oxygen atoms in total. The number of amides is 2. The maximum Gasteiger partial charge on any atom is 0.417 e. The average Bonchev–Trinajstić information content (AvgIpc) is 3.67. The first-order chi connectivity index (χ1) is 16.7. The number of anilines is 1. The number of nitrogens with zero attached hydrogens (tertiary/aromatic N) is 3. The van der Waals surface area contributed by atoms with Crippen LogP contribution in [0.2, 0.25) is 0 Å². The summed E-state index contributed by atoms with van der Waals surface area (Å²) < 4.78 is 46.1. The minimum absolute atomic E-state index is 0.0181. The SMILES string of the molecule is CCOc1ccccc1C(=O)N1CCN(c2ccc(C#N)c(C(F)(F)F)c2)CC1C(=O)NC1CC1. The first-order valence-electron chi connectivity index (χ1n) is 11.4. The van der Waals surface area contributed by atoms with Crippen molar-refractivity contribution in [2.75, 3.05) is 31.1 Å². The van der Waals surface area contributed by atoms with E-state index in [1.807, 2.05) is 0 Å². The monoisotopic (exact) mass is 486 g/mol. The summed E-state index contributed by atoms with van der Waals surface area (Å²) in [5, 5.41) is 12.0. The van der Waals surface area contributed by atoms with Crippen LogP contribution >= 0.6 is 0 Å². The highest BCUT2D eigenvalue weighted by atomic mass is 19.4. The van der Waals surface area contributed by atoms with E-state index in [-0.39, 0.29) is 43.2 Å². The summed E-state index contributed by atoms with van der Waals surface area (Å²) in [6.07, 6.45) is -2.98. The second-order valence-corrected chi connectivity index (χ2v) is 8.51. The number of piperazine rings is 1. The Hall–Kier alpha value is -3.74. The van der Waals surface area contributed by atoms with Crippen LogP contribution in [0.3, 0.4) is 0 Å². The Labute approximate surface area is 201 Å². The molecule has 0 aromatic heterocycles. The molecule has 1 N–H and O–H groups in total. The molecule has 2 fully saturated rings. The molecule has 184 valence electrons. The van der Waals surface area contributed by atoms with E-state index >= 15 is 0 Å². The lowest BCUT2D eigenvalue weighted by atomic mass is 10.0. The quantitative estimate of drug-likeness (QED) is 0.675. The van der Waals surface area contributed by atoms with Crippen molar-refractivity contribution in [2.45, 2.75) is 38.0 Å². The molecule has 1 unspecified atom stereocenters. The number of para-hydroxylation sites is 1. The van der Waals surface area contributed by atoms with Crippen molar-refractivity contribution in [2.24, 2.45) is 0 Å². The zero-order valence-corrected chi connectivity index (χ0v) is 19.1. The van der Waals surface area contributed by atoms with Gasteiger partial charge in [0.1, 0.15) is 11.8 Å². The van der Waals surface area contributed by atoms with E-state index in [2.05, 4.69) is 5.32 Å². The van der Waals surface area contributed by atoms with Gasteiger partial charge in [0.2, 0.25) is 5.91 Å². The summed E-state index contributed by atoms with van der Waals surface area (Å²) in [5.41, 5.74) is -0.932. The van der Waals surface area contributed by atoms with Crippen LogP contribution in [0, 0.1) is 11.3 Å². The second-order valence-electron chi connectivity index (χ2n) is 8.51. The number of hydrogen-bond acceptors (Lipinski definition) is 5. The fourth-order valence-electron chi connectivity index (χ4n) is 4.15. The van der Waals surface area contributed by atoms with Crippen molar-refractivity contribution in [3.63, 3.8) is 0 Å². The Morgan fingerprint density at radius 2 is 1.91 bits per heavy atom. The third kappa shape index (κ3) is 5.34. The van der Waals surface area contributed by atoms with Gasteiger partial charge in [-0.15, -0.1) is 0 Å². The maximum absolute atomic E-state index is 13.5. The lowest BCUT2D eigenvalue weighted by molar-refractivity contribution is -0.137. The molecule has 2 aromatic rings. The van der Waals surface area contributed by atoms with E-state index in [9.17, 15) is 22.8 Å². The molecule has 0 radical (unpaired) electrons. The smallest absolute Gasteiger partial charge is 0.417 e. The molecule has 1 heterocycles. The Morgan fingerprint density at radius 3 is 2.57 bits per heavy atom. The first-order valence-corrected chi connectivity index (χ1v) is 11.4. The Morgan fingerprint density at radius 1 is 1.17 bits per heavy atom. The van der Waals surface area contributed by atoms with Crippen molar-refractivity contribution in [3.05, 3.63) is 59.2 Å². The van der Waals surface area contributed by atoms with Gasteiger partial charge >= 0.3 is 6.18 Å². The molecule has 10 heteroatoms. The van der Waals surface area contributed by atoms with Gasteiger partial charge in [0.25, 0.3) is 5.91 Å². The predicted octanol–water partition coefficient (Wildman–Crippen LogP) is 3.59. The third-order valence-electron chi connectivity index (χ3n) is 6.08. The Bertz CT molecular complexity index is 1160. The topological polar surface area (TPSA) is 85.7 Å². The number of halogens is 3. The van der Waals surface area contributed by atoms with Gasteiger partial charge < -0.3 is 19.9 Å². The van der Waals surface area contributed by atoms with Crippen LogP contribution in [0.15, 0.2) is 42.5 Å². The summed E-state index contributed by atoms with van der Waals surface area (Å²) in [7, 11) is 0. The third-order valence-corrected chi connectivity index (χ3v) is 6.08. The van der Waals surface area contributed by atoms with Crippen LogP contribution in [-0.4, -0.2) is 55.0 Å². The Balaban J connectivity index is 1.63. The molecular formula is C25H25F3N4O3. The number of nitrogens with one attached hydrogen (secondary N) is 1. The molecule has 1 saturated carbocycles. The van der Waals surface area contributed by atoms with Crippen molar-refractivity contribution in [3.8, 4) is 11.8 Å². The second kappa shape index (κ2) is 9.86.